The SMILES string of the molecule is CCCCOC(=O)c1ccc(-n2c(N)c(C(=O)OCC(C)CC)c3nc4ccccc4nc32)cc1. The number of unbranched alkanes of at least 4 members (excludes halogenated alkanes) is 1. The molecule has 0 saturated heterocycles. The van der Waals surface area contributed by atoms with Gasteiger partial charge in [-0.05, 0) is 48.7 Å². The standard InChI is InChI=1S/C27H30N4O4/c1-4-6-15-34-26(32)18-11-13-19(14-12-18)31-24(28)22(27(33)35-16-17(3)5-2)23-25(31)30-21-10-8-7-9-20(21)29-23/h7-14,17H,4-6,15-16,28H2,1-3H3. The molecule has 0 aliphatic heterocycles. The van der Waals surface area contributed by atoms with Gasteiger partial charge in [0.1, 0.15) is 16.9 Å². The summed E-state index contributed by atoms with van der Waals surface area (Å²) in [5.41, 5.74) is 9.92. The maximum absolute atomic E-state index is 13.1. The van der Waals surface area contributed by atoms with E-state index in [1.807, 2.05) is 45.0 Å². The van der Waals surface area contributed by atoms with Crippen LogP contribution in [0.25, 0.3) is 27.9 Å². The molecule has 0 aliphatic carbocycles. The number of aromatic nitrogens is 3. The average molecular weight is 475 g/mol. The zero-order valence-electron chi connectivity index (χ0n) is 20.3. The zero-order valence-corrected chi connectivity index (χ0v) is 20.3. The fourth-order valence-electron chi connectivity index (χ4n) is 3.67. The number of nitrogens with zero attached hydrogens (tertiary/aromatic N) is 3. The molecule has 8 heteroatoms. The second-order valence-corrected chi connectivity index (χ2v) is 8.63. The number of benzene rings is 2. The molecule has 2 aromatic heterocycles. The van der Waals surface area contributed by atoms with E-state index in [1.54, 1.807) is 28.8 Å². The molecule has 0 aliphatic rings. The molecule has 0 bridgehead atoms. The summed E-state index contributed by atoms with van der Waals surface area (Å²) >= 11 is 0. The second kappa shape index (κ2) is 10.5. The fraction of sp³-hybridized carbons (Fsp3) is 0.333. The summed E-state index contributed by atoms with van der Waals surface area (Å²) in [7, 11) is 0. The lowest BCUT2D eigenvalue weighted by molar-refractivity contribution is 0.0449. The van der Waals surface area contributed by atoms with Gasteiger partial charge >= 0.3 is 11.9 Å². The number of nitrogen functional groups attached to an aromatic ring is 1. The van der Waals surface area contributed by atoms with E-state index < -0.39 is 5.97 Å². The predicted octanol–water partition coefficient (Wildman–Crippen LogP) is 5.32. The molecule has 0 amide bonds. The Kier molecular flexibility index (Phi) is 7.29. The van der Waals surface area contributed by atoms with E-state index in [0.29, 0.717) is 40.1 Å². The normalized spacial score (nSPS) is 12.1. The smallest absolute Gasteiger partial charge is 0.344 e. The molecule has 1 atom stereocenters. The number of hydrogen-bond acceptors (Lipinski definition) is 7. The Balaban J connectivity index is 1.78. The van der Waals surface area contributed by atoms with Crippen LogP contribution in [0.1, 0.15) is 60.7 Å². The van der Waals surface area contributed by atoms with Crippen LogP contribution < -0.4 is 5.73 Å². The van der Waals surface area contributed by atoms with Crippen molar-refractivity contribution in [3.8, 4) is 5.69 Å². The van der Waals surface area contributed by atoms with Crippen LogP contribution in [0.3, 0.4) is 0 Å². The second-order valence-electron chi connectivity index (χ2n) is 8.63. The Hall–Kier alpha value is -3.94. The summed E-state index contributed by atoms with van der Waals surface area (Å²) in [6.45, 7) is 6.77. The van der Waals surface area contributed by atoms with Gasteiger partial charge in [0.15, 0.2) is 5.65 Å². The van der Waals surface area contributed by atoms with Gasteiger partial charge in [-0.3, -0.25) is 4.57 Å². The van der Waals surface area contributed by atoms with E-state index in [2.05, 4.69) is 0 Å². The molecule has 4 rings (SSSR count). The zero-order chi connectivity index (χ0) is 24.9. The summed E-state index contributed by atoms with van der Waals surface area (Å²) < 4.78 is 12.5. The summed E-state index contributed by atoms with van der Waals surface area (Å²) in [5, 5.41) is 0. The molecular weight excluding hydrogens is 444 g/mol. The quantitative estimate of drug-likeness (QED) is 0.258. The van der Waals surface area contributed by atoms with Crippen LogP contribution in [0.2, 0.25) is 0 Å². The number of carbonyl (C=O) groups excluding carboxylic acids is 2. The van der Waals surface area contributed by atoms with E-state index >= 15 is 0 Å². The van der Waals surface area contributed by atoms with Crippen LogP contribution in [-0.4, -0.2) is 39.7 Å². The Morgan fingerprint density at radius 1 is 0.971 bits per heavy atom. The molecule has 2 heterocycles. The number of anilines is 1. The first-order chi connectivity index (χ1) is 16.9. The minimum atomic E-state index is -0.535. The van der Waals surface area contributed by atoms with Crippen molar-refractivity contribution in [1.29, 1.82) is 0 Å². The van der Waals surface area contributed by atoms with Crippen molar-refractivity contribution < 1.29 is 19.1 Å². The van der Waals surface area contributed by atoms with E-state index in [1.165, 1.54) is 0 Å². The molecule has 182 valence electrons. The molecule has 2 aromatic carbocycles. The number of fused-ring (bicyclic) bond motifs is 2. The van der Waals surface area contributed by atoms with Crippen molar-refractivity contribution in [3.05, 3.63) is 59.7 Å². The minimum Gasteiger partial charge on any atom is -0.462 e. The van der Waals surface area contributed by atoms with E-state index in [-0.39, 0.29) is 29.9 Å². The summed E-state index contributed by atoms with van der Waals surface area (Å²) in [5.74, 6) is -0.504. The van der Waals surface area contributed by atoms with Crippen molar-refractivity contribution in [1.82, 2.24) is 14.5 Å². The maximum atomic E-state index is 13.1. The van der Waals surface area contributed by atoms with Gasteiger partial charge in [0.05, 0.1) is 29.8 Å². The third-order valence-corrected chi connectivity index (χ3v) is 5.99. The molecule has 2 N–H and O–H groups in total. The largest absolute Gasteiger partial charge is 0.462 e. The topological polar surface area (TPSA) is 109 Å². The summed E-state index contributed by atoms with van der Waals surface area (Å²) in [4.78, 5) is 34.9. The van der Waals surface area contributed by atoms with Gasteiger partial charge in [0, 0.05) is 5.69 Å². The third-order valence-electron chi connectivity index (χ3n) is 5.99. The number of ether oxygens (including phenoxy) is 2. The van der Waals surface area contributed by atoms with Crippen LogP contribution >= 0.6 is 0 Å². The van der Waals surface area contributed by atoms with Crippen molar-refractivity contribution in [2.24, 2.45) is 5.92 Å². The van der Waals surface area contributed by atoms with Crippen molar-refractivity contribution in [3.63, 3.8) is 0 Å². The molecule has 0 saturated carbocycles. The lowest BCUT2D eigenvalue weighted by atomic mass is 10.1. The van der Waals surface area contributed by atoms with E-state index in [9.17, 15) is 9.59 Å². The summed E-state index contributed by atoms with van der Waals surface area (Å²) in [6, 6.07) is 14.3. The molecular formula is C27H30N4O4. The molecule has 0 spiro atoms. The van der Waals surface area contributed by atoms with Crippen LogP contribution in [0.15, 0.2) is 48.5 Å². The first-order valence-corrected chi connectivity index (χ1v) is 12.0. The van der Waals surface area contributed by atoms with Crippen molar-refractivity contribution in [2.45, 2.75) is 40.0 Å². The van der Waals surface area contributed by atoms with E-state index in [4.69, 9.17) is 25.2 Å². The fourth-order valence-corrected chi connectivity index (χ4v) is 3.67. The lowest BCUT2D eigenvalue weighted by Gasteiger charge is -2.10. The first-order valence-electron chi connectivity index (χ1n) is 12.0. The molecule has 1 unspecified atom stereocenters. The number of hydrogen-bond donors (Lipinski definition) is 1. The van der Waals surface area contributed by atoms with Crippen LogP contribution in [-0.2, 0) is 9.47 Å². The summed E-state index contributed by atoms with van der Waals surface area (Å²) in [6.07, 6.45) is 2.66. The Bertz CT molecular complexity index is 1360. The van der Waals surface area contributed by atoms with Gasteiger partial charge in [-0.2, -0.15) is 0 Å². The Morgan fingerprint density at radius 3 is 2.31 bits per heavy atom. The first kappa shape index (κ1) is 24.2. The monoisotopic (exact) mass is 474 g/mol. The van der Waals surface area contributed by atoms with Crippen LogP contribution in [0.5, 0.6) is 0 Å². The van der Waals surface area contributed by atoms with Gasteiger partial charge in [0.2, 0.25) is 0 Å². The van der Waals surface area contributed by atoms with Crippen LogP contribution in [0, 0.1) is 5.92 Å². The number of nitrogens with two attached hydrogens (primary N) is 1. The van der Waals surface area contributed by atoms with Crippen molar-refractivity contribution >= 4 is 40.0 Å². The third kappa shape index (κ3) is 4.96. The number of carbonyl (C=O) groups is 2. The predicted molar refractivity (Wildman–Crippen MR) is 136 cm³/mol. The van der Waals surface area contributed by atoms with Gasteiger partial charge in [-0.25, -0.2) is 19.6 Å². The highest BCUT2D eigenvalue weighted by Crippen LogP contribution is 2.31. The molecule has 0 radical (unpaired) electrons. The number of rotatable bonds is 9. The number of para-hydroxylation sites is 2. The number of esters is 2. The molecule has 4 aromatic rings. The lowest BCUT2D eigenvalue weighted by Crippen LogP contribution is -2.13. The van der Waals surface area contributed by atoms with Gasteiger partial charge in [0.25, 0.3) is 0 Å². The highest BCUT2D eigenvalue weighted by molar-refractivity contribution is 6.09. The Morgan fingerprint density at radius 2 is 1.66 bits per heavy atom. The molecule has 0 fully saturated rings. The van der Waals surface area contributed by atoms with E-state index in [0.717, 1.165) is 19.3 Å². The van der Waals surface area contributed by atoms with Gasteiger partial charge < -0.3 is 15.2 Å². The highest BCUT2D eigenvalue weighted by Gasteiger charge is 2.26. The maximum Gasteiger partial charge on any atom is 0.344 e. The van der Waals surface area contributed by atoms with Crippen LogP contribution in [0.4, 0.5) is 5.82 Å². The highest BCUT2D eigenvalue weighted by atomic mass is 16.5. The van der Waals surface area contributed by atoms with Crippen molar-refractivity contribution in [2.75, 3.05) is 18.9 Å². The molecule has 8 nitrogen and oxygen atoms in total. The van der Waals surface area contributed by atoms with Gasteiger partial charge in [-0.1, -0.05) is 45.7 Å². The minimum absolute atomic E-state index is 0.183. The van der Waals surface area contributed by atoms with Gasteiger partial charge in [-0.15, -0.1) is 0 Å². The Labute approximate surface area is 204 Å². The molecule has 35 heavy (non-hydrogen) atoms. The average Bonchev–Trinajstić information content (AvgIpc) is 3.16.